The SMILES string of the molecule is Cc1ccc([C@@H](C)NC(=O)C2CNC2)cc1. The summed E-state index contributed by atoms with van der Waals surface area (Å²) >= 11 is 0. The number of benzene rings is 1. The maximum atomic E-state index is 11.7. The summed E-state index contributed by atoms with van der Waals surface area (Å²) in [7, 11) is 0. The lowest BCUT2D eigenvalue weighted by Gasteiger charge is -2.27. The van der Waals surface area contributed by atoms with Crippen molar-refractivity contribution >= 4 is 5.91 Å². The summed E-state index contributed by atoms with van der Waals surface area (Å²) in [6.45, 7) is 5.71. The zero-order valence-electron chi connectivity index (χ0n) is 9.79. The summed E-state index contributed by atoms with van der Waals surface area (Å²) in [5.74, 6) is 0.319. The number of nitrogens with one attached hydrogen (secondary N) is 2. The lowest BCUT2D eigenvalue weighted by Crippen LogP contribution is -2.51. The monoisotopic (exact) mass is 218 g/mol. The third kappa shape index (κ3) is 2.42. The molecular weight excluding hydrogens is 200 g/mol. The summed E-state index contributed by atoms with van der Waals surface area (Å²) in [6.07, 6.45) is 0. The molecule has 0 aromatic heterocycles. The van der Waals surface area contributed by atoms with Gasteiger partial charge >= 0.3 is 0 Å². The molecule has 86 valence electrons. The number of amides is 1. The molecule has 2 N–H and O–H groups in total. The predicted octanol–water partition coefficient (Wildman–Crippen LogP) is 1.39. The Morgan fingerprint density at radius 3 is 2.50 bits per heavy atom. The van der Waals surface area contributed by atoms with Crippen molar-refractivity contribution < 1.29 is 4.79 Å². The maximum absolute atomic E-state index is 11.7. The van der Waals surface area contributed by atoms with Crippen molar-refractivity contribution in [1.29, 1.82) is 0 Å². The highest BCUT2D eigenvalue weighted by Gasteiger charge is 2.25. The zero-order chi connectivity index (χ0) is 11.5. The van der Waals surface area contributed by atoms with E-state index in [0.717, 1.165) is 18.7 Å². The molecule has 0 bridgehead atoms. The molecule has 1 aromatic rings. The van der Waals surface area contributed by atoms with E-state index in [1.54, 1.807) is 0 Å². The summed E-state index contributed by atoms with van der Waals surface area (Å²) in [5.41, 5.74) is 2.40. The molecule has 1 heterocycles. The second-order valence-electron chi connectivity index (χ2n) is 4.50. The first-order valence-corrected chi connectivity index (χ1v) is 5.74. The van der Waals surface area contributed by atoms with Crippen molar-refractivity contribution in [3.8, 4) is 0 Å². The van der Waals surface area contributed by atoms with E-state index < -0.39 is 0 Å². The van der Waals surface area contributed by atoms with Crippen LogP contribution in [0.4, 0.5) is 0 Å². The highest BCUT2D eigenvalue weighted by atomic mass is 16.2. The average Bonchev–Trinajstić information content (AvgIpc) is 2.15. The Balaban J connectivity index is 1.94. The van der Waals surface area contributed by atoms with Crippen LogP contribution in [0.15, 0.2) is 24.3 Å². The van der Waals surface area contributed by atoms with Gasteiger partial charge in [-0.3, -0.25) is 4.79 Å². The highest BCUT2D eigenvalue weighted by Crippen LogP contribution is 2.14. The molecule has 1 amide bonds. The Morgan fingerprint density at radius 1 is 1.38 bits per heavy atom. The molecule has 0 saturated carbocycles. The van der Waals surface area contributed by atoms with E-state index in [4.69, 9.17) is 0 Å². The lowest BCUT2D eigenvalue weighted by molar-refractivity contribution is -0.127. The van der Waals surface area contributed by atoms with Gasteiger partial charge in [-0.15, -0.1) is 0 Å². The molecule has 0 unspecified atom stereocenters. The fourth-order valence-electron chi connectivity index (χ4n) is 1.74. The van der Waals surface area contributed by atoms with Gasteiger partial charge in [0, 0.05) is 13.1 Å². The van der Waals surface area contributed by atoms with Crippen molar-refractivity contribution in [2.75, 3.05) is 13.1 Å². The van der Waals surface area contributed by atoms with Crippen LogP contribution in [-0.4, -0.2) is 19.0 Å². The first kappa shape index (κ1) is 11.1. The van der Waals surface area contributed by atoms with Crippen molar-refractivity contribution in [1.82, 2.24) is 10.6 Å². The summed E-state index contributed by atoms with van der Waals surface area (Å²) < 4.78 is 0. The standard InChI is InChI=1S/C13H18N2O/c1-9-3-5-11(6-4-9)10(2)15-13(16)12-7-14-8-12/h3-6,10,12,14H,7-8H2,1-2H3,(H,15,16)/t10-/m1/s1. The quantitative estimate of drug-likeness (QED) is 0.805. The van der Waals surface area contributed by atoms with E-state index in [9.17, 15) is 4.79 Å². The highest BCUT2D eigenvalue weighted by molar-refractivity contribution is 5.80. The molecule has 1 saturated heterocycles. The van der Waals surface area contributed by atoms with Crippen LogP contribution < -0.4 is 10.6 Å². The van der Waals surface area contributed by atoms with E-state index in [1.807, 2.05) is 6.92 Å². The van der Waals surface area contributed by atoms with Gasteiger partial charge < -0.3 is 10.6 Å². The van der Waals surface area contributed by atoms with Gasteiger partial charge in [0.15, 0.2) is 0 Å². The molecule has 3 nitrogen and oxygen atoms in total. The molecule has 1 aromatic carbocycles. The van der Waals surface area contributed by atoms with Crippen molar-refractivity contribution in [3.63, 3.8) is 0 Å². The van der Waals surface area contributed by atoms with Crippen LogP contribution in [0, 0.1) is 12.8 Å². The van der Waals surface area contributed by atoms with Crippen molar-refractivity contribution in [3.05, 3.63) is 35.4 Å². The second kappa shape index (κ2) is 4.66. The minimum Gasteiger partial charge on any atom is -0.349 e. The van der Waals surface area contributed by atoms with Gasteiger partial charge in [-0.1, -0.05) is 29.8 Å². The molecule has 2 rings (SSSR count). The Bertz CT molecular complexity index is 368. The van der Waals surface area contributed by atoms with Crippen LogP contribution in [0.5, 0.6) is 0 Å². The second-order valence-corrected chi connectivity index (χ2v) is 4.50. The third-order valence-corrected chi connectivity index (χ3v) is 3.09. The molecule has 1 fully saturated rings. The summed E-state index contributed by atoms with van der Waals surface area (Å²) in [6, 6.07) is 8.37. The van der Waals surface area contributed by atoms with Crippen LogP contribution >= 0.6 is 0 Å². The number of hydrogen-bond donors (Lipinski definition) is 2. The smallest absolute Gasteiger partial charge is 0.226 e. The van der Waals surface area contributed by atoms with Gasteiger partial charge in [-0.25, -0.2) is 0 Å². The van der Waals surface area contributed by atoms with Gasteiger partial charge in [-0.2, -0.15) is 0 Å². The molecule has 1 aliphatic heterocycles. The van der Waals surface area contributed by atoms with Crippen LogP contribution in [0.1, 0.15) is 24.1 Å². The number of hydrogen-bond acceptors (Lipinski definition) is 2. The molecule has 3 heteroatoms. The lowest BCUT2D eigenvalue weighted by atomic mass is 10.0. The van der Waals surface area contributed by atoms with Crippen LogP contribution in [0.25, 0.3) is 0 Å². The van der Waals surface area contributed by atoms with E-state index >= 15 is 0 Å². The van der Waals surface area contributed by atoms with Gasteiger partial charge in [0.1, 0.15) is 0 Å². The largest absolute Gasteiger partial charge is 0.349 e. The minimum atomic E-state index is 0.0914. The molecule has 16 heavy (non-hydrogen) atoms. The van der Waals surface area contributed by atoms with E-state index in [1.165, 1.54) is 5.56 Å². The summed E-state index contributed by atoms with van der Waals surface area (Å²) in [4.78, 5) is 11.7. The van der Waals surface area contributed by atoms with Crippen molar-refractivity contribution in [2.45, 2.75) is 19.9 Å². The predicted molar refractivity (Wildman–Crippen MR) is 64.1 cm³/mol. The number of rotatable bonds is 3. The van der Waals surface area contributed by atoms with Gasteiger partial charge in [-0.05, 0) is 19.4 Å². The van der Waals surface area contributed by atoms with Gasteiger partial charge in [0.2, 0.25) is 5.91 Å². The van der Waals surface area contributed by atoms with Gasteiger partial charge in [0.25, 0.3) is 0 Å². The molecule has 1 aliphatic rings. The first-order chi connectivity index (χ1) is 7.66. The van der Waals surface area contributed by atoms with Crippen LogP contribution in [0.2, 0.25) is 0 Å². The maximum Gasteiger partial charge on any atom is 0.226 e. The molecular formula is C13H18N2O. The minimum absolute atomic E-state index is 0.0914. The Morgan fingerprint density at radius 2 is 2.00 bits per heavy atom. The molecule has 1 atom stereocenters. The van der Waals surface area contributed by atoms with E-state index in [0.29, 0.717) is 0 Å². The molecule has 0 radical (unpaired) electrons. The van der Waals surface area contributed by atoms with Crippen molar-refractivity contribution in [2.24, 2.45) is 5.92 Å². The van der Waals surface area contributed by atoms with E-state index in [2.05, 4.69) is 41.8 Å². The number of carbonyl (C=O) groups is 1. The number of aryl methyl sites for hydroxylation is 1. The topological polar surface area (TPSA) is 41.1 Å². The molecule has 0 aliphatic carbocycles. The fourth-order valence-corrected chi connectivity index (χ4v) is 1.74. The third-order valence-electron chi connectivity index (χ3n) is 3.09. The van der Waals surface area contributed by atoms with Crippen LogP contribution in [0.3, 0.4) is 0 Å². The normalized spacial score (nSPS) is 17.6. The summed E-state index contributed by atoms with van der Waals surface area (Å²) in [5, 5.41) is 6.14. The Labute approximate surface area is 96.2 Å². The number of carbonyl (C=O) groups excluding carboxylic acids is 1. The van der Waals surface area contributed by atoms with Crippen LogP contribution in [-0.2, 0) is 4.79 Å². The fraction of sp³-hybridized carbons (Fsp3) is 0.462. The first-order valence-electron chi connectivity index (χ1n) is 5.74. The zero-order valence-corrected chi connectivity index (χ0v) is 9.79. The van der Waals surface area contributed by atoms with Gasteiger partial charge in [0.05, 0.1) is 12.0 Å². The average molecular weight is 218 g/mol. The molecule has 0 spiro atoms. The van der Waals surface area contributed by atoms with E-state index in [-0.39, 0.29) is 17.9 Å². The Kier molecular flexibility index (Phi) is 3.25. The Hall–Kier alpha value is -1.35.